The summed E-state index contributed by atoms with van der Waals surface area (Å²) in [5.74, 6) is 0. The largest absolute Gasteiger partial charge is 0.322 e. The lowest BCUT2D eigenvalue weighted by molar-refractivity contribution is 0.142. The van der Waals surface area contributed by atoms with Gasteiger partial charge in [0.05, 0.1) is 5.69 Å². The molecule has 2 aromatic carbocycles. The number of benzene rings is 2. The number of nitrogens with zero attached hydrogens (tertiary/aromatic N) is 5. The highest BCUT2D eigenvalue weighted by atomic mass is 35.5. The second-order valence-electron chi connectivity index (χ2n) is 7.76. The average molecular weight is 481 g/mol. The summed E-state index contributed by atoms with van der Waals surface area (Å²) in [7, 11) is 0. The molecular formula is C23H21ClN6O2S. The van der Waals surface area contributed by atoms with Crippen molar-refractivity contribution in [3.05, 3.63) is 81.7 Å². The molecule has 33 heavy (non-hydrogen) atoms. The van der Waals surface area contributed by atoms with Gasteiger partial charge in [0.15, 0.2) is 0 Å². The molecule has 8 nitrogen and oxygen atoms in total. The van der Waals surface area contributed by atoms with E-state index >= 15 is 0 Å². The van der Waals surface area contributed by atoms with Crippen molar-refractivity contribution in [1.82, 2.24) is 24.4 Å². The van der Waals surface area contributed by atoms with Crippen LogP contribution in [-0.2, 0) is 6.54 Å². The summed E-state index contributed by atoms with van der Waals surface area (Å²) < 4.78 is 1.36. The highest BCUT2D eigenvalue weighted by molar-refractivity contribution is 7.19. The third-order valence-corrected chi connectivity index (χ3v) is 6.63. The Morgan fingerprint density at radius 1 is 1.03 bits per heavy atom. The van der Waals surface area contributed by atoms with Gasteiger partial charge in [-0.05, 0) is 18.2 Å². The molecule has 0 atom stereocenters. The van der Waals surface area contributed by atoms with E-state index in [9.17, 15) is 9.59 Å². The zero-order chi connectivity index (χ0) is 22.8. The molecule has 0 saturated carbocycles. The van der Waals surface area contributed by atoms with Crippen LogP contribution in [0.2, 0.25) is 5.02 Å². The smallest absolute Gasteiger partial charge is 0.321 e. The number of piperazine rings is 1. The topological polar surface area (TPSA) is 82.8 Å². The Hall–Kier alpha value is -3.27. The van der Waals surface area contributed by atoms with Crippen molar-refractivity contribution in [2.75, 3.05) is 31.5 Å². The second kappa shape index (κ2) is 9.30. The molecule has 1 N–H and O–H groups in total. The molecular weight excluding hydrogens is 460 g/mol. The minimum absolute atomic E-state index is 0.146. The lowest BCUT2D eigenvalue weighted by Crippen LogP contribution is -2.49. The van der Waals surface area contributed by atoms with Crippen molar-refractivity contribution < 1.29 is 4.79 Å². The maximum Gasteiger partial charge on any atom is 0.321 e. The molecule has 1 aliphatic heterocycles. The van der Waals surface area contributed by atoms with Gasteiger partial charge in [-0.15, -0.1) is 0 Å². The Balaban J connectivity index is 1.23. The lowest BCUT2D eigenvalue weighted by atomic mass is 10.2. The predicted molar refractivity (Wildman–Crippen MR) is 130 cm³/mol. The SMILES string of the molecule is O=C(Nc1cccc(Cl)c1)N1CCN(Cc2cc(=O)n3nc(-c4ccccc4)sc3n2)CC1. The van der Waals surface area contributed by atoms with Crippen molar-refractivity contribution in [3.63, 3.8) is 0 Å². The minimum atomic E-state index is -0.187. The fourth-order valence-electron chi connectivity index (χ4n) is 3.74. The van der Waals surface area contributed by atoms with Crippen molar-refractivity contribution in [2.24, 2.45) is 0 Å². The van der Waals surface area contributed by atoms with E-state index in [0.717, 1.165) is 10.6 Å². The summed E-state index contributed by atoms with van der Waals surface area (Å²) >= 11 is 7.38. The van der Waals surface area contributed by atoms with Gasteiger partial charge < -0.3 is 10.2 Å². The number of aromatic nitrogens is 3. The van der Waals surface area contributed by atoms with Crippen LogP contribution in [0.25, 0.3) is 15.5 Å². The first-order valence-corrected chi connectivity index (χ1v) is 11.7. The number of fused-ring (bicyclic) bond motifs is 1. The van der Waals surface area contributed by atoms with Crippen LogP contribution < -0.4 is 10.9 Å². The predicted octanol–water partition coefficient (Wildman–Crippen LogP) is 3.82. The Labute approximate surface area is 199 Å². The van der Waals surface area contributed by atoms with Gasteiger partial charge in [-0.1, -0.05) is 59.3 Å². The minimum Gasteiger partial charge on any atom is -0.322 e. The fraction of sp³-hybridized carbons (Fsp3) is 0.217. The van der Waals surface area contributed by atoms with Gasteiger partial charge in [0.25, 0.3) is 5.56 Å². The summed E-state index contributed by atoms with van der Waals surface area (Å²) in [6.45, 7) is 3.12. The number of hydrogen-bond acceptors (Lipinski definition) is 6. The van der Waals surface area contributed by atoms with Gasteiger partial charge >= 0.3 is 6.03 Å². The maximum atomic E-state index is 12.6. The quantitative estimate of drug-likeness (QED) is 0.480. The maximum absolute atomic E-state index is 12.6. The molecule has 4 aromatic rings. The molecule has 3 heterocycles. The van der Waals surface area contributed by atoms with Gasteiger partial charge in [0, 0.05) is 55.1 Å². The van der Waals surface area contributed by atoms with Crippen LogP contribution in [0.1, 0.15) is 5.69 Å². The standard InChI is InChI=1S/C23H21ClN6O2S/c24-17-7-4-8-18(13-17)25-22(32)29-11-9-28(10-12-29)15-19-14-20(31)30-23(26-19)33-21(27-30)16-5-2-1-3-6-16/h1-8,13-14H,9-12,15H2,(H,25,32). The molecule has 0 radical (unpaired) electrons. The Morgan fingerprint density at radius 3 is 2.58 bits per heavy atom. The third-order valence-electron chi connectivity index (χ3n) is 5.44. The summed E-state index contributed by atoms with van der Waals surface area (Å²) in [4.78, 5) is 34.4. The Bertz CT molecular complexity index is 1350. The van der Waals surface area contributed by atoms with Gasteiger partial charge in [0.2, 0.25) is 4.96 Å². The molecule has 0 bridgehead atoms. The summed E-state index contributed by atoms with van der Waals surface area (Å²) in [6, 6.07) is 18.2. The van der Waals surface area contributed by atoms with Gasteiger partial charge in [-0.25, -0.2) is 9.78 Å². The first-order chi connectivity index (χ1) is 16.0. The molecule has 0 spiro atoms. The molecule has 2 aromatic heterocycles. The first-order valence-electron chi connectivity index (χ1n) is 10.5. The van der Waals surface area contributed by atoms with Gasteiger partial charge in [0.1, 0.15) is 5.01 Å². The monoisotopic (exact) mass is 480 g/mol. The number of urea groups is 1. The number of halogens is 1. The molecule has 10 heteroatoms. The highest BCUT2D eigenvalue weighted by Crippen LogP contribution is 2.24. The number of carbonyl (C=O) groups is 1. The third kappa shape index (κ3) is 4.90. The normalized spacial score (nSPS) is 14.5. The van der Waals surface area contributed by atoms with E-state index in [1.165, 1.54) is 15.9 Å². The zero-order valence-corrected chi connectivity index (χ0v) is 19.2. The first kappa shape index (κ1) is 21.6. The molecule has 168 valence electrons. The van der Waals surface area contributed by atoms with Crippen LogP contribution in [0.15, 0.2) is 65.5 Å². The number of carbonyl (C=O) groups excluding carboxylic acids is 1. The summed E-state index contributed by atoms with van der Waals surface area (Å²) in [5, 5.41) is 8.65. The van der Waals surface area contributed by atoms with Gasteiger partial charge in [-0.3, -0.25) is 9.69 Å². The number of nitrogens with one attached hydrogen (secondary N) is 1. The van der Waals surface area contributed by atoms with E-state index < -0.39 is 0 Å². The number of amides is 2. The Morgan fingerprint density at radius 2 is 1.82 bits per heavy atom. The molecule has 2 amide bonds. The van der Waals surface area contributed by atoms with Crippen LogP contribution in [0.4, 0.5) is 10.5 Å². The summed E-state index contributed by atoms with van der Waals surface area (Å²) in [5.41, 5.74) is 2.15. The molecule has 5 rings (SSSR count). The zero-order valence-electron chi connectivity index (χ0n) is 17.6. The number of anilines is 1. The highest BCUT2D eigenvalue weighted by Gasteiger charge is 2.22. The average Bonchev–Trinajstić information content (AvgIpc) is 3.25. The molecule has 1 fully saturated rings. The van der Waals surface area contributed by atoms with Crippen LogP contribution in [-0.4, -0.2) is 56.6 Å². The van der Waals surface area contributed by atoms with E-state index in [-0.39, 0.29) is 11.6 Å². The number of rotatable bonds is 4. The molecule has 1 saturated heterocycles. The van der Waals surface area contributed by atoms with Crippen molar-refractivity contribution in [3.8, 4) is 10.6 Å². The van der Waals surface area contributed by atoms with E-state index in [2.05, 4.69) is 20.3 Å². The van der Waals surface area contributed by atoms with Crippen molar-refractivity contribution in [2.45, 2.75) is 6.54 Å². The van der Waals surface area contributed by atoms with E-state index in [4.69, 9.17) is 11.6 Å². The Kier molecular flexibility index (Phi) is 6.08. The fourth-order valence-corrected chi connectivity index (χ4v) is 4.86. The number of hydrogen-bond donors (Lipinski definition) is 1. The van der Waals surface area contributed by atoms with Crippen molar-refractivity contribution >= 4 is 39.6 Å². The molecule has 1 aliphatic rings. The van der Waals surface area contributed by atoms with E-state index in [1.807, 2.05) is 36.4 Å². The van der Waals surface area contributed by atoms with E-state index in [1.54, 1.807) is 29.2 Å². The molecule has 0 aliphatic carbocycles. The van der Waals surface area contributed by atoms with Crippen LogP contribution >= 0.6 is 22.9 Å². The van der Waals surface area contributed by atoms with Gasteiger partial charge in [-0.2, -0.15) is 9.61 Å². The van der Waals surface area contributed by atoms with Crippen LogP contribution in [0.5, 0.6) is 0 Å². The van der Waals surface area contributed by atoms with Crippen LogP contribution in [0, 0.1) is 0 Å². The molecule has 0 unspecified atom stereocenters. The lowest BCUT2D eigenvalue weighted by Gasteiger charge is -2.34. The van der Waals surface area contributed by atoms with E-state index in [0.29, 0.717) is 54.1 Å². The second-order valence-corrected chi connectivity index (χ2v) is 9.15. The summed E-state index contributed by atoms with van der Waals surface area (Å²) in [6.07, 6.45) is 0. The van der Waals surface area contributed by atoms with Crippen molar-refractivity contribution in [1.29, 1.82) is 0 Å². The van der Waals surface area contributed by atoms with Crippen LogP contribution in [0.3, 0.4) is 0 Å².